The van der Waals surface area contributed by atoms with Gasteiger partial charge in [0.2, 0.25) is 0 Å². The lowest BCUT2D eigenvalue weighted by Crippen LogP contribution is -1.98. The Bertz CT molecular complexity index is 999. The Morgan fingerprint density at radius 2 is 2.04 bits per heavy atom. The molecule has 0 spiro atoms. The van der Waals surface area contributed by atoms with Crippen LogP contribution in [0.3, 0.4) is 0 Å². The van der Waals surface area contributed by atoms with Gasteiger partial charge in [-0.2, -0.15) is 0 Å². The molecule has 0 bridgehead atoms. The molecule has 2 aromatic carbocycles. The molecule has 0 saturated carbocycles. The van der Waals surface area contributed by atoms with Crippen molar-refractivity contribution < 1.29 is 9.13 Å². The number of rotatable bonds is 3. The lowest BCUT2D eigenvalue weighted by atomic mass is 10.0. The third-order valence-corrected chi connectivity index (χ3v) is 4.70. The predicted octanol–water partition coefficient (Wildman–Crippen LogP) is 5.62. The number of nitrogens with zero attached hydrogens (tertiary/aromatic N) is 2. The van der Waals surface area contributed by atoms with E-state index in [0.717, 1.165) is 28.9 Å². The topological polar surface area (TPSA) is 34.5 Å². The van der Waals surface area contributed by atoms with E-state index in [1.165, 1.54) is 6.07 Å². The summed E-state index contributed by atoms with van der Waals surface area (Å²) < 4.78 is 19.4. The van der Waals surface area contributed by atoms with Crippen molar-refractivity contribution in [3.63, 3.8) is 0 Å². The van der Waals surface area contributed by atoms with Gasteiger partial charge in [-0.1, -0.05) is 29.8 Å². The number of hydrogen-bond acceptors (Lipinski definition) is 3. The van der Waals surface area contributed by atoms with Crippen molar-refractivity contribution in [2.24, 2.45) is 4.99 Å². The first-order chi connectivity index (χ1) is 12.6. The molecule has 26 heavy (non-hydrogen) atoms. The van der Waals surface area contributed by atoms with Crippen molar-refractivity contribution in [2.45, 2.75) is 13.3 Å². The fourth-order valence-corrected chi connectivity index (χ4v) is 3.28. The molecule has 0 atom stereocenters. The van der Waals surface area contributed by atoms with E-state index < -0.39 is 0 Å². The summed E-state index contributed by atoms with van der Waals surface area (Å²) in [5, 5.41) is 0.631. The highest BCUT2D eigenvalue weighted by atomic mass is 35.5. The van der Waals surface area contributed by atoms with Crippen LogP contribution in [0.1, 0.15) is 18.1 Å². The van der Waals surface area contributed by atoms with Crippen molar-refractivity contribution >= 4 is 23.1 Å². The third-order valence-electron chi connectivity index (χ3n) is 4.38. The molecule has 5 heteroatoms. The molecule has 0 aliphatic carbocycles. The lowest BCUT2D eigenvalue weighted by molar-refractivity contribution is 0.357. The molecular formula is C21H16ClFN2O. The van der Waals surface area contributed by atoms with E-state index in [9.17, 15) is 4.39 Å². The predicted molar refractivity (Wildman–Crippen MR) is 102 cm³/mol. The molecule has 1 aromatic heterocycles. The van der Waals surface area contributed by atoms with Crippen LogP contribution in [0.4, 0.5) is 10.2 Å². The minimum Gasteiger partial charge on any atom is -0.493 e. The van der Waals surface area contributed by atoms with Gasteiger partial charge in [-0.15, -0.1) is 0 Å². The van der Waals surface area contributed by atoms with Gasteiger partial charge in [0.15, 0.2) is 5.82 Å². The molecule has 1 aliphatic heterocycles. The summed E-state index contributed by atoms with van der Waals surface area (Å²) in [7, 11) is 0. The Labute approximate surface area is 156 Å². The van der Waals surface area contributed by atoms with Gasteiger partial charge in [0.05, 0.1) is 11.6 Å². The SMILES string of the molecule is CC(=Nc1ccc(-c2cc3c(cc2Cl)OCC3)cn1)c1ccccc1F. The Morgan fingerprint density at radius 1 is 1.19 bits per heavy atom. The minimum absolute atomic E-state index is 0.294. The zero-order valence-electron chi connectivity index (χ0n) is 14.2. The molecular weight excluding hydrogens is 351 g/mol. The van der Waals surface area contributed by atoms with Crippen LogP contribution in [-0.2, 0) is 6.42 Å². The molecule has 3 nitrogen and oxygen atoms in total. The molecule has 0 saturated heterocycles. The standard InChI is InChI=1S/C21H16ClFN2O/c1-13(16-4-2-3-5-19(16)23)25-21-7-6-15(12-24-21)17-10-14-8-9-26-20(14)11-18(17)22/h2-7,10-12H,8-9H2,1H3. The summed E-state index contributed by atoms with van der Waals surface area (Å²) in [4.78, 5) is 8.80. The summed E-state index contributed by atoms with van der Waals surface area (Å²) >= 11 is 6.39. The largest absolute Gasteiger partial charge is 0.493 e. The van der Waals surface area contributed by atoms with Gasteiger partial charge in [0, 0.05) is 35.0 Å². The quantitative estimate of drug-likeness (QED) is 0.564. The number of pyridine rings is 1. The fourth-order valence-electron chi connectivity index (χ4n) is 3.02. The summed E-state index contributed by atoms with van der Waals surface area (Å²) in [5.41, 5.74) is 4.04. The Morgan fingerprint density at radius 3 is 2.81 bits per heavy atom. The highest BCUT2D eigenvalue weighted by molar-refractivity contribution is 6.33. The maximum absolute atomic E-state index is 13.9. The van der Waals surface area contributed by atoms with Crippen LogP contribution in [-0.4, -0.2) is 17.3 Å². The summed E-state index contributed by atoms with van der Waals surface area (Å²) in [6, 6.07) is 14.2. The number of ether oxygens (including phenoxy) is 1. The van der Waals surface area contributed by atoms with E-state index in [-0.39, 0.29) is 5.82 Å². The lowest BCUT2D eigenvalue weighted by Gasteiger charge is -2.08. The second-order valence-corrected chi connectivity index (χ2v) is 6.53. The third kappa shape index (κ3) is 3.20. The van der Waals surface area contributed by atoms with Crippen molar-refractivity contribution in [3.05, 3.63) is 76.7 Å². The maximum atomic E-state index is 13.9. The van der Waals surface area contributed by atoms with Crippen LogP contribution >= 0.6 is 11.6 Å². The van der Waals surface area contributed by atoms with E-state index >= 15 is 0 Å². The normalized spacial score (nSPS) is 13.4. The highest BCUT2D eigenvalue weighted by Crippen LogP contribution is 2.36. The summed E-state index contributed by atoms with van der Waals surface area (Å²) in [6.45, 7) is 2.46. The number of aromatic nitrogens is 1. The molecule has 0 N–H and O–H groups in total. The first kappa shape index (κ1) is 16.7. The van der Waals surface area contributed by atoms with Gasteiger partial charge in [0.25, 0.3) is 0 Å². The minimum atomic E-state index is -0.294. The first-order valence-corrected chi connectivity index (χ1v) is 8.71. The number of hydrogen-bond donors (Lipinski definition) is 0. The molecule has 1 aliphatic rings. The molecule has 0 fully saturated rings. The van der Waals surface area contributed by atoms with Crippen LogP contribution in [0.25, 0.3) is 11.1 Å². The number of halogens is 2. The van der Waals surface area contributed by atoms with E-state index in [1.807, 2.05) is 12.1 Å². The van der Waals surface area contributed by atoms with Gasteiger partial charge >= 0.3 is 0 Å². The van der Waals surface area contributed by atoms with Crippen molar-refractivity contribution in [1.82, 2.24) is 4.98 Å². The molecule has 4 rings (SSSR count). The van der Waals surface area contributed by atoms with Gasteiger partial charge in [-0.05, 0) is 42.8 Å². The Kier molecular flexibility index (Phi) is 4.43. The van der Waals surface area contributed by atoms with Crippen molar-refractivity contribution in [3.8, 4) is 16.9 Å². The van der Waals surface area contributed by atoms with E-state index in [1.54, 1.807) is 37.4 Å². The molecule has 0 amide bonds. The molecule has 2 heterocycles. The van der Waals surface area contributed by atoms with E-state index in [2.05, 4.69) is 16.0 Å². The van der Waals surface area contributed by atoms with Crippen molar-refractivity contribution in [2.75, 3.05) is 6.61 Å². The fraction of sp³-hybridized carbons (Fsp3) is 0.143. The molecule has 3 aromatic rings. The zero-order valence-corrected chi connectivity index (χ0v) is 14.9. The summed E-state index contributed by atoms with van der Waals surface area (Å²) in [6.07, 6.45) is 2.62. The number of fused-ring (bicyclic) bond motifs is 1. The maximum Gasteiger partial charge on any atom is 0.152 e. The first-order valence-electron chi connectivity index (χ1n) is 8.33. The average Bonchev–Trinajstić information content (AvgIpc) is 3.09. The second-order valence-electron chi connectivity index (χ2n) is 6.12. The average molecular weight is 367 g/mol. The zero-order chi connectivity index (χ0) is 18.1. The molecule has 0 radical (unpaired) electrons. The van der Waals surface area contributed by atoms with Gasteiger partial charge in [-0.25, -0.2) is 14.4 Å². The van der Waals surface area contributed by atoms with Gasteiger partial charge < -0.3 is 4.74 Å². The van der Waals surface area contributed by atoms with E-state index in [4.69, 9.17) is 16.3 Å². The number of benzene rings is 2. The van der Waals surface area contributed by atoms with Crippen LogP contribution in [0.5, 0.6) is 5.75 Å². The van der Waals surface area contributed by atoms with Gasteiger partial charge in [-0.3, -0.25) is 0 Å². The summed E-state index contributed by atoms with van der Waals surface area (Å²) in [5.74, 6) is 1.08. The van der Waals surface area contributed by atoms with Crippen LogP contribution in [0.2, 0.25) is 5.02 Å². The second kappa shape index (κ2) is 6.89. The number of aliphatic imine (C=N–C) groups is 1. The monoisotopic (exact) mass is 366 g/mol. The van der Waals surface area contributed by atoms with Crippen molar-refractivity contribution in [1.29, 1.82) is 0 Å². The Hall–Kier alpha value is -2.72. The molecule has 130 valence electrons. The van der Waals surface area contributed by atoms with E-state index in [0.29, 0.717) is 28.7 Å². The molecule has 0 unspecified atom stereocenters. The highest BCUT2D eigenvalue weighted by Gasteiger charge is 2.16. The van der Waals surface area contributed by atoms with Crippen LogP contribution in [0.15, 0.2) is 59.7 Å². The van der Waals surface area contributed by atoms with Crippen LogP contribution in [0, 0.1) is 5.82 Å². The Balaban J connectivity index is 1.64. The van der Waals surface area contributed by atoms with Gasteiger partial charge in [0.1, 0.15) is 11.6 Å². The smallest absolute Gasteiger partial charge is 0.152 e. The van der Waals surface area contributed by atoms with Crippen LogP contribution < -0.4 is 4.74 Å².